The van der Waals surface area contributed by atoms with E-state index in [1.54, 1.807) is 4.90 Å². The number of hydrogen-bond acceptors (Lipinski definition) is 3. The summed E-state index contributed by atoms with van der Waals surface area (Å²) in [6.45, 7) is 4.44. The van der Waals surface area contributed by atoms with Crippen molar-refractivity contribution in [1.82, 2.24) is 9.80 Å². The molecule has 1 N–H and O–H groups in total. The molecule has 4 nitrogen and oxygen atoms in total. The molecule has 1 fully saturated rings. The molecular weight excluding hydrogens is 216 g/mol. The molecule has 17 heavy (non-hydrogen) atoms. The third kappa shape index (κ3) is 4.64. The van der Waals surface area contributed by atoms with Crippen LogP contribution < -0.4 is 0 Å². The number of nitrogens with zero attached hydrogens (tertiary/aromatic N) is 2. The smallest absolute Gasteiger partial charge is 0.223 e. The first-order valence-electron chi connectivity index (χ1n) is 6.65. The van der Waals surface area contributed by atoms with Crippen LogP contribution in [0.4, 0.5) is 0 Å². The number of aliphatic hydroxyl groups excluding tert-OH is 1. The highest BCUT2D eigenvalue weighted by Gasteiger charge is 2.26. The highest BCUT2D eigenvalue weighted by atomic mass is 16.3. The molecule has 1 aliphatic rings. The quantitative estimate of drug-likeness (QED) is 0.754. The van der Waals surface area contributed by atoms with Crippen molar-refractivity contribution < 1.29 is 9.90 Å². The maximum Gasteiger partial charge on any atom is 0.223 e. The lowest BCUT2D eigenvalue weighted by atomic mass is 10.1. The summed E-state index contributed by atoms with van der Waals surface area (Å²) in [7, 11) is 3.87. The Balaban J connectivity index is 2.20. The molecular formula is C13H26N2O2. The second-order valence-electron chi connectivity index (χ2n) is 5.18. The van der Waals surface area contributed by atoms with Gasteiger partial charge in [-0.1, -0.05) is 6.42 Å². The fourth-order valence-corrected chi connectivity index (χ4v) is 2.38. The van der Waals surface area contributed by atoms with Crippen molar-refractivity contribution in [2.75, 3.05) is 33.7 Å². The zero-order valence-electron chi connectivity index (χ0n) is 11.4. The summed E-state index contributed by atoms with van der Waals surface area (Å²) in [6.07, 6.45) is 3.64. The van der Waals surface area contributed by atoms with E-state index in [-0.39, 0.29) is 12.0 Å². The molecule has 4 heteroatoms. The van der Waals surface area contributed by atoms with Gasteiger partial charge in [0.15, 0.2) is 0 Å². The molecule has 0 aliphatic heterocycles. The van der Waals surface area contributed by atoms with Gasteiger partial charge in [0.1, 0.15) is 0 Å². The van der Waals surface area contributed by atoms with E-state index < -0.39 is 0 Å². The van der Waals surface area contributed by atoms with E-state index in [1.165, 1.54) is 0 Å². The Morgan fingerprint density at radius 3 is 2.59 bits per heavy atom. The van der Waals surface area contributed by atoms with Crippen LogP contribution in [0.5, 0.6) is 0 Å². The van der Waals surface area contributed by atoms with Crippen LogP contribution >= 0.6 is 0 Å². The van der Waals surface area contributed by atoms with Gasteiger partial charge in [0.2, 0.25) is 5.91 Å². The molecule has 1 rings (SSSR count). The minimum absolute atomic E-state index is 0.133. The molecule has 0 radical (unpaired) electrons. The second kappa shape index (κ2) is 6.97. The number of aliphatic hydroxyl groups is 1. The Kier molecular flexibility index (Phi) is 5.92. The Morgan fingerprint density at radius 1 is 1.35 bits per heavy atom. The molecule has 0 aromatic heterocycles. The first-order valence-corrected chi connectivity index (χ1v) is 6.65. The lowest BCUT2D eigenvalue weighted by Crippen LogP contribution is -2.34. The Labute approximate surface area is 105 Å². The van der Waals surface area contributed by atoms with Crippen molar-refractivity contribution in [3.63, 3.8) is 0 Å². The van der Waals surface area contributed by atoms with Crippen LogP contribution in [-0.2, 0) is 4.79 Å². The highest BCUT2D eigenvalue weighted by Crippen LogP contribution is 2.25. The minimum atomic E-state index is -0.133. The first kappa shape index (κ1) is 14.5. The Hall–Kier alpha value is -0.610. The van der Waals surface area contributed by atoms with Gasteiger partial charge >= 0.3 is 0 Å². The molecule has 2 unspecified atom stereocenters. The van der Waals surface area contributed by atoms with Crippen molar-refractivity contribution in [3.8, 4) is 0 Å². The van der Waals surface area contributed by atoms with E-state index in [1.807, 2.05) is 21.0 Å². The summed E-state index contributed by atoms with van der Waals surface area (Å²) in [4.78, 5) is 15.5. The number of carbonyl (C=O) groups excluding carboxylic acids is 1. The summed E-state index contributed by atoms with van der Waals surface area (Å²) >= 11 is 0. The van der Waals surface area contributed by atoms with Crippen LogP contribution in [0.25, 0.3) is 0 Å². The maximum absolute atomic E-state index is 11.6. The summed E-state index contributed by atoms with van der Waals surface area (Å²) in [5.74, 6) is 0.602. The largest absolute Gasteiger partial charge is 0.393 e. The van der Waals surface area contributed by atoms with Crippen LogP contribution in [0.15, 0.2) is 0 Å². The van der Waals surface area contributed by atoms with E-state index in [9.17, 15) is 9.90 Å². The zero-order chi connectivity index (χ0) is 12.8. The van der Waals surface area contributed by atoms with Gasteiger partial charge in [0, 0.05) is 33.1 Å². The van der Waals surface area contributed by atoms with Gasteiger partial charge in [0.05, 0.1) is 6.10 Å². The predicted octanol–water partition coefficient (Wildman–Crippen LogP) is 0.948. The van der Waals surface area contributed by atoms with Gasteiger partial charge in [-0.2, -0.15) is 0 Å². The van der Waals surface area contributed by atoms with Crippen LogP contribution in [0.2, 0.25) is 0 Å². The summed E-state index contributed by atoms with van der Waals surface area (Å²) in [5, 5.41) is 9.74. The van der Waals surface area contributed by atoms with Gasteiger partial charge in [-0.05, 0) is 32.7 Å². The molecule has 0 spiro atoms. The van der Waals surface area contributed by atoms with Crippen LogP contribution in [0.1, 0.15) is 32.6 Å². The number of amides is 1. The lowest BCUT2D eigenvalue weighted by Gasteiger charge is -2.23. The highest BCUT2D eigenvalue weighted by molar-refractivity contribution is 5.75. The average Bonchev–Trinajstić information content (AvgIpc) is 2.71. The fraction of sp³-hybridized carbons (Fsp3) is 0.923. The third-order valence-electron chi connectivity index (χ3n) is 3.77. The molecule has 2 atom stereocenters. The Morgan fingerprint density at radius 2 is 2.06 bits per heavy atom. The van der Waals surface area contributed by atoms with E-state index in [2.05, 4.69) is 4.90 Å². The van der Waals surface area contributed by atoms with Crippen molar-refractivity contribution in [2.45, 2.75) is 38.7 Å². The SMILES string of the molecule is CCN(C)C(=O)CCN(C)CC1CCCC1O. The molecule has 1 amide bonds. The molecule has 100 valence electrons. The molecule has 0 saturated heterocycles. The average molecular weight is 242 g/mol. The normalized spacial score (nSPS) is 24.3. The second-order valence-corrected chi connectivity index (χ2v) is 5.18. The van der Waals surface area contributed by atoms with E-state index in [0.717, 1.165) is 38.9 Å². The molecule has 1 aliphatic carbocycles. The lowest BCUT2D eigenvalue weighted by molar-refractivity contribution is -0.130. The zero-order valence-corrected chi connectivity index (χ0v) is 11.4. The van der Waals surface area contributed by atoms with Crippen LogP contribution in [0.3, 0.4) is 0 Å². The monoisotopic (exact) mass is 242 g/mol. The van der Waals surface area contributed by atoms with E-state index in [0.29, 0.717) is 12.3 Å². The fourth-order valence-electron chi connectivity index (χ4n) is 2.38. The molecule has 1 saturated carbocycles. The number of hydrogen-bond donors (Lipinski definition) is 1. The standard InChI is InChI=1S/C13H26N2O2/c1-4-15(3)13(17)8-9-14(2)10-11-6-5-7-12(11)16/h11-12,16H,4-10H2,1-3H3. The van der Waals surface area contributed by atoms with E-state index in [4.69, 9.17) is 0 Å². The Bertz CT molecular complexity index is 246. The number of rotatable bonds is 6. The van der Waals surface area contributed by atoms with Crippen molar-refractivity contribution in [2.24, 2.45) is 5.92 Å². The van der Waals surface area contributed by atoms with Crippen LogP contribution in [0, 0.1) is 5.92 Å². The van der Waals surface area contributed by atoms with E-state index >= 15 is 0 Å². The maximum atomic E-state index is 11.6. The summed E-state index contributed by atoms with van der Waals surface area (Å²) in [5.41, 5.74) is 0. The van der Waals surface area contributed by atoms with Crippen molar-refractivity contribution in [3.05, 3.63) is 0 Å². The number of carbonyl (C=O) groups is 1. The van der Waals surface area contributed by atoms with Gasteiger partial charge in [-0.15, -0.1) is 0 Å². The molecule has 0 heterocycles. The van der Waals surface area contributed by atoms with Gasteiger partial charge in [-0.25, -0.2) is 0 Å². The van der Waals surface area contributed by atoms with Gasteiger partial charge in [-0.3, -0.25) is 4.79 Å². The third-order valence-corrected chi connectivity index (χ3v) is 3.77. The van der Waals surface area contributed by atoms with Crippen LogP contribution in [-0.4, -0.2) is 60.6 Å². The molecule has 0 bridgehead atoms. The predicted molar refractivity (Wildman–Crippen MR) is 68.8 cm³/mol. The first-order chi connectivity index (χ1) is 8.04. The van der Waals surface area contributed by atoms with Gasteiger partial charge in [0.25, 0.3) is 0 Å². The van der Waals surface area contributed by atoms with Gasteiger partial charge < -0.3 is 14.9 Å². The topological polar surface area (TPSA) is 43.8 Å². The summed E-state index contributed by atoms with van der Waals surface area (Å²) < 4.78 is 0. The molecule has 0 aromatic rings. The molecule has 0 aromatic carbocycles. The van der Waals surface area contributed by atoms with Crippen molar-refractivity contribution >= 4 is 5.91 Å². The van der Waals surface area contributed by atoms with Crippen molar-refractivity contribution in [1.29, 1.82) is 0 Å². The summed E-state index contributed by atoms with van der Waals surface area (Å²) in [6, 6.07) is 0. The minimum Gasteiger partial charge on any atom is -0.393 e.